The van der Waals surface area contributed by atoms with Crippen molar-refractivity contribution in [2.75, 3.05) is 5.32 Å². The molecule has 3 fully saturated rings. The van der Waals surface area contributed by atoms with Crippen LogP contribution in [0.5, 0.6) is 0 Å². The van der Waals surface area contributed by atoms with Gasteiger partial charge in [0.05, 0.1) is 0 Å². The van der Waals surface area contributed by atoms with Crippen LogP contribution in [0.4, 0.5) is 11.4 Å². The molecule has 5 atom stereocenters. The Morgan fingerprint density at radius 1 is 0.696 bits per heavy atom. The fourth-order valence-electron chi connectivity index (χ4n) is 10.3. The monoisotopic (exact) mass is 599 g/mol. The van der Waals surface area contributed by atoms with E-state index in [4.69, 9.17) is 0 Å². The molecule has 0 radical (unpaired) electrons. The average molecular weight is 600 g/mol. The van der Waals surface area contributed by atoms with Crippen LogP contribution in [0.25, 0.3) is 16.7 Å². The van der Waals surface area contributed by atoms with Crippen molar-refractivity contribution in [2.45, 2.75) is 70.6 Å². The fraction of sp³-hybridized carbons (Fsp3) is 0.333. The molecule has 4 aromatic carbocycles. The number of para-hydroxylation sites is 2. The van der Waals surface area contributed by atoms with Gasteiger partial charge in [-0.1, -0.05) is 128 Å². The average Bonchev–Trinajstić information content (AvgIpc) is 3.30. The Kier molecular flexibility index (Phi) is 6.74. The molecule has 2 bridgehead atoms. The Hall–Kier alpha value is -4.10. The van der Waals surface area contributed by atoms with Crippen LogP contribution in [0.15, 0.2) is 115 Å². The summed E-state index contributed by atoms with van der Waals surface area (Å²) in [6.45, 7) is 5.01. The topological polar surface area (TPSA) is 12.0 Å². The van der Waals surface area contributed by atoms with Gasteiger partial charge in [-0.15, -0.1) is 0 Å². The maximum atomic E-state index is 4.04. The molecule has 4 unspecified atom stereocenters. The number of benzene rings is 4. The van der Waals surface area contributed by atoms with Crippen molar-refractivity contribution in [3.8, 4) is 0 Å². The van der Waals surface area contributed by atoms with E-state index in [1.807, 2.05) is 0 Å². The van der Waals surface area contributed by atoms with Gasteiger partial charge in [0.25, 0.3) is 0 Å². The SMILES string of the molecule is CC1CCC2CC(c3ccccc3Nc3ccccc3C3=c4ccccc4=C(C4C=CC5=C(Cc6ccccc65)C4)CC3)(C1)[C@H]2C. The summed E-state index contributed by atoms with van der Waals surface area (Å²) in [5.41, 5.74) is 14.9. The number of nitrogens with one attached hydrogen (secondary N) is 1. The Morgan fingerprint density at radius 2 is 1.43 bits per heavy atom. The van der Waals surface area contributed by atoms with E-state index in [-0.39, 0.29) is 0 Å². The standard InChI is InChI=1S/C45H45N/c1-29-19-20-33-28-45(27-29,30(33)2)42-16-8-10-18-44(42)46-43-17-9-7-15-41(43)40-24-23-36(38-13-5-6-14-39(38)40)32-21-22-37-34(26-32)25-31-11-3-4-12-35(31)37/h3-18,21-22,29-30,32-33,46H,19-20,23-28H2,1-2H3/t29?,30-,32?,33?,45?/m0/s1. The number of allylic oxidation sites excluding steroid dienone is 4. The number of fused-ring (bicyclic) bond motifs is 6. The molecule has 10 rings (SSSR count). The van der Waals surface area contributed by atoms with E-state index in [1.54, 1.807) is 16.7 Å². The first kappa shape index (κ1) is 28.1. The lowest BCUT2D eigenvalue weighted by atomic mass is 9.50. The Bertz CT molecular complexity index is 2040. The van der Waals surface area contributed by atoms with E-state index in [0.717, 1.165) is 43.4 Å². The molecule has 0 amide bonds. The van der Waals surface area contributed by atoms with Crippen LogP contribution in [-0.4, -0.2) is 0 Å². The fourth-order valence-corrected chi connectivity index (χ4v) is 10.3. The van der Waals surface area contributed by atoms with Crippen LogP contribution < -0.4 is 15.8 Å². The van der Waals surface area contributed by atoms with Gasteiger partial charge in [0.15, 0.2) is 0 Å². The van der Waals surface area contributed by atoms with Crippen molar-refractivity contribution < 1.29 is 0 Å². The minimum Gasteiger partial charge on any atom is -0.355 e. The van der Waals surface area contributed by atoms with Crippen LogP contribution in [0, 0.1) is 23.7 Å². The molecule has 1 nitrogen and oxygen atoms in total. The van der Waals surface area contributed by atoms with E-state index in [0.29, 0.717) is 11.3 Å². The van der Waals surface area contributed by atoms with Crippen molar-refractivity contribution in [1.82, 2.24) is 0 Å². The number of rotatable bonds is 5. The van der Waals surface area contributed by atoms with Crippen molar-refractivity contribution >= 4 is 28.1 Å². The van der Waals surface area contributed by atoms with Crippen molar-refractivity contribution in [3.63, 3.8) is 0 Å². The van der Waals surface area contributed by atoms with Crippen molar-refractivity contribution in [3.05, 3.63) is 147 Å². The summed E-state index contributed by atoms with van der Waals surface area (Å²) in [6.07, 6.45) is 14.8. The minimum absolute atomic E-state index is 0.303. The highest BCUT2D eigenvalue weighted by molar-refractivity contribution is 5.85. The quantitative estimate of drug-likeness (QED) is 0.241. The summed E-state index contributed by atoms with van der Waals surface area (Å²) < 4.78 is 0. The Balaban J connectivity index is 1.09. The van der Waals surface area contributed by atoms with Crippen LogP contribution in [0.3, 0.4) is 0 Å². The van der Waals surface area contributed by atoms with Crippen LogP contribution >= 0.6 is 0 Å². The third kappa shape index (κ3) is 4.42. The molecule has 4 aromatic rings. The second kappa shape index (κ2) is 11.0. The third-order valence-electron chi connectivity index (χ3n) is 12.7. The maximum absolute atomic E-state index is 4.04. The molecule has 0 heterocycles. The highest BCUT2D eigenvalue weighted by Crippen LogP contribution is 2.61. The highest BCUT2D eigenvalue weighted by atomic mass is 14.9. The van der Waals surface area contributed by atoms with Gasteiger partial charge in [-0.2, -0.15) is 0 Å². The number of hydrogen-bond donors (Lipinski definition) is 1. The lowest BCUT2D eigenvalue weighted by molar-refractivity contribution is 0.0457. The molecule has 1 N–H and O–H groups in total. The van der Waals surface area contributed by atoms with E-state index >= 15 is 0 Å². The molecule has 6 aliphatic rings. The van der Waals surface area contributed by atoms with E-state index < -0.39 is 0 Å². The zero-order valence-electron chi connectivity index (χ0n) is 27.4. The lowest BCUT2D eigenvalue weighted by Crippen LogP contribution is -2.49. The summed E-state index contributed by atoms with van der Waals surface area (Å²) in [7, 11) is 0. The first-order chi connectivity index (χ1) is 22.6. The molecular formula is C45H45N. The third-order valence-corrected chi connectivity index (χ3v) is 12.7. The predicted molar refractivity (Wildman–Crippen MR) is 193 cm³/mol. The summed E-state index contributed by atoms with van der Waals surface area (Å²) in [4.78, 5) is 0. The first-order valence-electron chi connectivity index (χ1n) is 17.8. The van der Waals surface area contributed by atoms with Crippen molar-refractivity contribution in [1.29, 1.82) is 0 Å². The number of anilines is 2. The normalized spacial score (nSPS) is 27.8. The summed E-state index contributed by atoms with van der Waals surface area (Å²) in [5.74, 6) is 2.91. The van der Waals surface area contributed by atoms with Gasteiger partial charge in [0, 0.05) is 28.3 Å². The van der Waals surface area contributed by atoms with Gasteiger partial charge in [-0.05, 0) is 113 Å². The molecule has 6 aliphatic carbocycles. The van der Waals surface area contributed by atoms with Crippen LogP contribution in [-0.2, 0) is 11.8 Å². The summed E-state index contributed by atoms with van der Waals surface area (Å²) in [5, 5.41) is 6.91. The molecule has 0 aromatic heterocycles. The van der Waals surface area contributed by atoms with E-state index in [2.05, 4.69) is 128 Å². The Morgan fingerprint density at radius 3 is 2.30 bits per heavy atom. The summed E-state index contributed by atoms with van der Waals surface area (Å²) in [6, 6.07) is 36.6. The summed E-state index contributed by atoms with van der Waals surface area (Å²) >= 11 is 0. The molecule has 3 saturated carbocycles. The second-order valence-electron chi connectivity index (χ2n) is 15.1. The molecule has 1 heteroatoms. The van der Waals surface area contributed by atoms with Gasteiger partial charge in [-0.25, -0.2) is 0 Å². The van der Waals surface area contributed by atoms with Gasteiger partial charge in [-0.3, -0.25) is 0 Å². The van der Waals surface area contributed by atoms with Gasteiger partial charge in [0.2, 0.25) is 0 Å². The second-order valence-corrected chi connectivity index (χ2v) is 15.1. The molecule has 0 spiro atoms. The van der Waals surface area contributed by atoms with Gasteiger partial charge < -0.3 is 5.32 Å². The highest BCUT2D eigenvalue weighted by Gasteiger charge is 2.54. The van der Waals surface area contributed by atoms with Crippen LogP contribution in [0.1, 0.15) is 81.0 Å². The number of hydrogen-bond acceptors (Lipinski definition) is 1. The molecule has 0 saturated heterocycles. The smallest absolute Gasteiger partial charge is 0.0460 e. The molecule has 230 valence electrons. The lowest BCUT2D eigenvalue weighted by Gasteiger charge is -2.54. The van der Waals surface area contributed by atoms with E-state index in [9.17, 15) is 0 Å². The molecular weight excluding hydrogens is 555 g/mol. The largest absolute Gasteiger partial charge is 0.355 e. The van der Waals surface area contributed by atoms with Crippen molar-refractivity contribution in [2.24, 2.45) is 23.7 Å². The zero-order valence-corrected chi connectivity index (χ0v) is 27.4. The maximum Gasteiger partial charge on any atom is 0.0460 e. The van der Waals surface area contributed by atoms with Gasteiger partial charge in [0.1, 0.15) is 0 Å². The van der Waals surface area contributed by atoms with E-state index in [1.165, 1.54) is 75.3 Å². The predicted octanol–water partition coefficient (Wildman–Crippen LogP) is 9.87. The molecule has 46 heavy (non-hydrogen) atoms. The zero-order chi connectivity index (χ0) is 30.8. The van der Waals surface area contributed by atoms with Crippen LogP contribution in [0.2, 0.25) is 0 Å². The molecule has 0 aliphatic heterocycles. The minimum atomic E-state index is 0.303. The van der Waals surface area contributed by atoms with Gasteiger partial charge >= 0.3 is 0 Å². The Labute approximate surface area is 274 Å². The first-order valence-corrected chi connectivity index (χ1v) is 17.8.